The molecule has 1 aliphatic rings. The van der Waals surface area contributed by atoms with E-state index in [2.05, 4.69) is 21.2 Å². The number of phenols is 1. The van der Waals surface area contributed by atoms with E-state index >= 15 is 0 Å². The monoisotopic (exact) mass is 546 g/mol. The first-order chi connectivity index (χ1) is 12.3. The number of thiocarbonyl (C=S) groups is 1. The number of nitrogens with one attached hydrogen (secondary N) is 1. The molecule has 2 N–H and O–H groups in total. The zero-order chi connectivity index (χ0) is 19.0. The molecule has 132 valence electrons. The molecule has 1 aliphatic heterocycles. The second kappa shape index (κ2) is 7.41. The van der Waals surface area contributed by atoms with Crippen LogP contribution in [0, 0.1) is 9.39 Å². The number of rotatable bonds is 2. The number of halogens is 3. The maximum absolute atomic E-state index is 14.1. The van der Waals surface area contributed by atoms with Gasteiger partial charge in [-0.2, -0.15) is 0 Å². The topological polar surface area (TPSA) is 69.6 Å². The normalized spacial score (nSPS) is 16.2. The lowest BCUT2D eigenvalue weighted by molar-refractivity contribution is -0.122. The van der Waals surface area contributed by atoms with E-state index in [-0.39, 0.29) is 22.1 Å². The van der Waals surface area contributed by atoms with E-state index in [1.54, 1.807) is 18.2 Å². The number of hydrogen-bond donors (Lipinski definition) is 2. The van der Waals surface area contributed by atoms with Crippen molar-refractivity contribution in [1.29, 1.82) is 0 Å². The highest BCUT2D eigenvalue weighted by molar-refractivity contribution is 14.1. The molecule has 1 saturated heterocycles. The van der Waals surface area contributed by atoms with E-state index < -0.39 is 17.6 Å². The molecule has 0 unspecified atom stereocenters. The number of amides is 2. The van der Waals surface area contributed by atoms with Gasteiger partial charge in [-0.15, -0.1) is 0 Å². The second-order valence-electron chi connectivity index (χ2n) is 5.24. The number of nitrogens with zero attached hydrogens (tertiary/aromatic N) is 1. The third-order valence-corrected chi connectivity index (χ3v) is 5.26. The standard InChI is InChI=1S/C17H9BrFIN2O3S/c18-10-6-8(7-12(20)14(10)23)5-9-15(24)21-17(26)22(16(9)25)13-4-2-1-3-11(13)19/h1-7,23H,(H,21,24,26)/b9-5+. The number of phenolic OH excluding ortho intramolecular Hbond substituents is 1. The van der Waals surface area contributed by atoms with Crippen LogP contribution in [-0.4, -0.2) is 22.0 Å². The Balaban J connectivity index is 2.07. The molecule has 26 heavy (non-hydrogen) atoms. The molecule has 1 heterocycles. The zero-order valence-electron chi connectivity index (χ0n) is 12.8. The molecule has 2 aromatic carbocycles. The number of anilines is 1. The minimum absolute atomic E-state index is 0.0464. The summed E-state index contributed by atoms with van der Waals surface area (Å²) in [5, 5.41) is 12.0. The highest BCUT2D eigenvalue weighted by atomic mass is 127. The third kappa shape index (κ3) is 3.51. The van der Waals surface area contributed by atoms with Crippen LogP contribution < -0.4 is 10.2 Å². The Morgan fingerprint density at radius 3 is 2.62 bits per heavy atom. The van der Waals surface area contributed by atoms with E-state index in [0.717, 1.165) is 4.90 Å². The van der Waals surface area contributed by atoms with Gasteiger partial charge in [0.05, 0.1) is 13.7 Å². The van der Waals surface area contributed by atoms with Crippen molar-refractivity contribution in [3.05, 3.63) is 61.4 Å². The molecule has 0 aliphatic carbocycles. The van der Waals surface area contributed by atoms with Crippen molar-refractivity contribution in [3.63, 3.8) is 0 Å². The fourth-order valence-corrected chi connectivity index (χ4v) is 4.12. The Labute approximate surface area is 175 Å². The summed E-state index contributed by atoms with van der Waals surface area (Å²) in [5.41, 5.74) is 0.268. The summed E-state index contributed by atoms with van der Waals surface area (Å²) in [7, 11) is 0. The first-order valence-electron chi connectivity index (χ1n) is 7.13. The largest absolute Gasteiger partial charge is 0.506 e. The van der Waals surface area contributed by atoms with Gasteiger partial charge in [0.15, 0.2) is 5.11 Å². The number of hydrogen-bond acceptors (Lipinski definition) is 4. The molecule has 0 atom stereocenters. The number of benzene rings is 2. The van der Waals surface area contributed by atoms with Crippen molar-refractivity contribution < 1.29 is 19.1 Å². The third-order valence-electron chi connectivity index (χ3n) is 3.55. The highest BCUT2D eigenvalue weighted by Crippen LogP contribution is 2.32. The van der Waals surface area contributed by atoms with Crippen LogP contribution in [0.1, 0.15) is 5.56 Å². The lowest BCUT2D eigenvalue weighted by Gasteiger charge is -2.29. The van der Waals surface area contributed by atoms with Gasteiger partial charge in [-0.1, -0.05) is 12.1 Å². The van der Waals surface area contributed by atoms with E-state index in [9.17, 15) is 19.1 Å². The average Bonchev–Trinajstić information content (AvgIpc) is 2.58. The second-order valence-corrected chi connectivity index (χ2v) is 7.65. The van der Waals surface area contributed by atoms with Crippen molar-refractivity contribution in [3.8, 4) is 5.75 Å². The van der Waals surface area contributed by atoms with Gasteiger partial charge in [-0.3, -0.25) is 14.9 Å². The first-order valence-corrected chi connectivity index (χ1v) is 9.41. The SMILES string of the molecule is O=C1NC(=S)N(c2ccccc2F)C(=O)/C1=C/c1cc(Br)c(O)c(I)c1. The Bertz CT molecular complexity index is 973. The van der Waals surface area contributed by atoms with Crippen LogP contribution in [0.2, 0.25) is 0 Å². The molecule has 0 spiro atoms. The molecule has 2 amide bonds. The predicted molar refractivity (Wildman–Crippen MR) is 111 cm³/mol. The summed E-state index contributed by atoms with van der Waals surface area (Å²) >= 11 is 10.2. The Morgan fingerprint density at radius 2 is 1.96 bits per heavy atom. The van der Waals surface area contributed by atoms with Crippen molar-refractivity contribution in [2.75, 3.05) is 4.90 Å². The van der Waals surface area contributed by atoms with Gasteiger partial charge in [0.2, 0.25) is 0 Å². The molecule has 0 saturated carbocycles. The van der Waals surface area contributed by atoms with Crippen LogP contribution in [0.5, 0.6) is 5.75 Å². The molecule has 0 aromatic heterocycles. The molecule has 1 fully saturated rings. The van der Waals surface area contributed by atoms with Crippen molar-refractivity contribution in [1.82, 2.24) is 5.32 Å². The van der Waals surface area contributed by atoms with Crippen LogP contribution in [0.3, 0.4) is 0 Å². The number of carbonyl (C=O) groups excluding carboxylic acids is 2. The zero-order valence-corrected chi connectivity index (χ0v) is 17.4. The maximum Gasteiger partial charge on any atom is 0.270 e. The van der Waals surface area contributed by atoms with E-state index in [4.69, 9.17) is 12.2 Å². The minimum atomic E-state index is -0.733. The van der Waals surface area contributed by atoms with Crippen LogP contribution in [-0.2, 0) is 9.59 Å². The van der Waals surface area contributed by atoms with Crippen LogP contribution in [0.15, 0.2) is 46.4 Å². The van der Waals surface area contributed by atoms with Crippen molar-refractivity contribution >= 4 is 79.4 Å². The lowest BCUT2D eigenvalue weighted by atomic mass is 10.1. The van der Waals surface area contributed by atoms with E-state index in [1.807, 2.05) is 22.6 Å². The Morgan fingerprint density at radius 1 is 1.27 bits per heavy atom. The summed E-state index contributed by atoms with van der Waals surface area (Å²) in [6.07, 6.45) is 1.36. The van der Waals surface area contributed by atoms with Crippen molar-refractivity contribution in [2.24, 2.45) is 0 Å². The molecule has 0 radical (unpaired) electrons. The average molecular weight is 547 g/mol. The molecule has 0 bridgehead atoms. The molecular weight excluding hydrogens is 538 g/mol. The van der Waals surface area contributed by atoms with Gasteiger partial charge in [0.1, 0.15) is 17.1 Å². The van der Waals surface area contributed by atoms with Gasteiger partial charge in [0, 0.05) is 0 Å². The van der Waals surface area contributed by atoms with Crippen LogP contribution >= 0.6 is 50.7 Å². The Kier molecular flexibility index (Phi) is 5.39. The van der Waals surface area contributed by atoms with Crippen LogP contribution in [0.4, 0.5) is 10.1 Å². The summed E-state index contributed by atoms with van der Waals surface area (Å²) in [5.74, 6) is -1.99. The smallest absolute Gasteiger partial charge is 0.270 e. The maximum atomic E-state index is 14.1. The van der Waals surface area contributed by atoms with Gasteiger partial charge >= 0.3 is 0 Å². The lowest BCUT2D eigenvalue weighted by Crippen LogP contribution is -2.54. The number of carbonyl (C=O) groups is 2. The molecule has 3 rings (SSSR count). The van der Waals surface area contributed by atoms with Crippen molar-refractivity contribution in [2.45, 2.75) is 0 Å². The van der Waals surface area contributed by atoms with Gasteiger partial charge < -0.3 is 5.11 Å². The van der Waals surface area contributed by atoms with E-state index in [1.165, 1.54) is 24.3 Å². The first kappa shape index (κ1) is 18.9. The van der Waals surface area contributed by atoms with E-state index in [0.29, 0.717) is 13.6 Å². The molecule has 2 aromatic rings. The summed E-state index contributed by atoms with van der Waals surface area (Å²) in [4.78, 5) is 26.0. The number of para-hydroxylation sites is 1. The molecule has 9 heteroatoms. The van der Waals surface area contributed by atoms with Gasteiger partial charge in [0.25, 0.3) is 11.8 Å². The minimum Gasteiger partial charge on any atom is -0.506 e. The number of aromatic hydroxyl groups is 1. The van der Waals surface area contributed by atoms with Gasteiger partial charge in [-0.05, 0) is 86.6 Å². The van der Waals surface area contributed by atoms with Gasteiger partial charge in [-0.25, -0.2) is 9.29 Å². The molecular formula is C17H9BrFIN2O3S. The fraction of sp³-hybridized carbons (Fsp3) is 0. The highest BCUT2D eigenvalue weighted by Gasteiger charge is 2.35. The fourth-order valence-electron chi connectivity index (χ4n) is 2.34. The summed E-state index contributed by atoms with van der Waals surface area (Å²) in [6, 6.07) is 8.81. The quantitative estimate of drug-likeness (QED) is 0.261. The summed E-state index contributed by atoms with van der Waals surface area (Å²) in [6.45, 7) is 0. The summed E-state index contributed by atoms with van der Waals surface area (Å²) < 4.78 is 15.1. The predicted octanol–water partition coefficient (Wildman–Crippen LogP) is 3.73. The molecule has 5 nitrogen and oxygen atoms in total. The van der Waals surface area contributed by atoms with Crippen LogP contribution in [0.25, 0.3) is 6.08 Å². The Hall–Kier alpha value is -1.85.